The molecule has 0 bridgehead atoms. The minimum Gasteiger partial charge on any atom is -0.249 e. The number of hydrogen-bond acceptors (Lipinski definition) is 2. The third-order valence-electron chi connectivity index (χ3n) is 5.45. The number of fused-ring (bicyclic) bond motifs is 1. The van der Waals surface area contributed by atoms with Gasteiger partial charge < -0.3 is 0 Å². The van der Waals surface area contributed by atoms with Crippen LogP contribution in [0.4, 0.5) is 0 Å². The highest BCUT2D eigenvalue weighted by Gasteiger charge is 2.23. The molecule has 28 heavy (non-hydrogen) atoms. The van der Waals surface area contributed by atoms with E-state index in [0.717, 1.165) is 5.01 Å². The largest absolute Gasteiger partial charge is 0.249 e. The van der Waals surface area contributed by atoms with Crippen LogP contribution in [0.5, 0.6) is 0 Å². The summed E-state index contributed by atoms with van der Waals surface area (Å²) in [5, 5.41) is 3.79. The predicted octanol–water partition coefficient (Wildman–Crippen LogP) is 6.37. The second-order valence-electron chi connectivity index (χ2n) is 8.55. The highest BCUT2D eigenvalue weighted by atomic mass is 32.1. The van der Waals surface area contributed by atoms with E-state index in [9.17, 15) is 0 Å². The molecule has 4 rings (SSSR count). The molecule has 142 valence electrons. The summed E-state index contributed by atoms with van der Waals surface area (Å²) in [5.74, 6) is 0. The minimum atomic E-state index is 0.0764. The van der Waals surface area contributed by atoms with Gasteiger partial charge in [-0.2, -0.15) is 0 Å². The zero-order valence-electron chi connectivity index (χ0n) is 17.5. The molecular formula is C25H27N2S+. The normalized spacial score (nSPS) is 11.9. The summed E-state index contributed by atoms with van der Waals surface area (Å²) in [4.78, 5) is 5.65. The van der Waals surface area contributed by atoms with E-state index >= 15 is 0 Å². The quantitative estimate of drug-likeness (QED) is 0.365. The van der Waals surface area contributed by atoms with E-state index < -0.39 is 0 Å². The number of thiazole rings is 1. The summed E-state index contributed by atoms with van der Waals surface area (Å²) in [7, 11) is 2.13. The van der Waals surface area contributed by atoms with Gasteiger partial charge in [0.2, 0.25) is 5.69 Å². The Morgan fingerprint density at radius 2 is 1.68 bits per heavy atom. The summed E-state index contributed by atoms with van der Waals surface area (Å²) in [6.45, 7) is 11.2. The maximum Gasteiger partial charge on any atom is 0.213 e. The Labute approximate surface area is 171 Å². The van der Waals surface area contributed by atoms with Gasteiger partial charge in [-0.25, -0.2) is 9.55 Å². The molecule has 3 heteroatoms. The first-order valence-electron chi connectivity index (χ1n) is 9.71. The molecule has 0 N–H and O–H groups in total. The van der Waals surface area contributed by atoms with Crippen LogP contribution in [0.1, 0.15) is 36.9 Å². The molecule has 0 aliphatic rings. The van der Waals surface area contributed by atoms with Gasteiger partial charge in [-0.1, -0.05) is 45.0 Å². The molecule has 0 spiro atoms. The van der Waals surface area contributed by atoms with Crippen molar-refractivity contribution in [1.29, 1.82) is 0 Å². The van der Waals surface area contributed by atoms with E-state index in [2.05, 4.69) is 99.9 Å². The van der Waals surface area contributed by atoms with Gasteiger partial charge in [-0.05, 0) is 47.2 Å². The van der Waals surface area contributed by atoms with Crippen LogP contribution in [0.25, 0.3) is 32.5 Å². The standard InChI is InChI=1S/C25H27N2S/c1-16-19-9-7-8-10-20(19)22(25(3,4)5)14-21(16)23-13-18(11-12-27(23)6)24-15-26-17(2)28-24/h7-15H,1-6H3/q+1. The molecule has 2 nitrogen and oxygen atoms in total. The highest BCUT2D eigenvalue weighted by Crippen LogP contribution is 2.38. The number of nitrogens with zero attached hydrogens (tertiary/aromatic N) is 2. The van der Waals surface area contributed by atoms with E-state index in [0.29, 0.717) is 0 Å². The first-order chi connectivity index (χ1) is 13.3. The number of benzene rings is 2. The van der Waals surface area contributed by atoms with Crippen molar-refractivity contribution in [2.75, 3.05) is 0 Å². The van der Waals surface area contributed by atoms with Crippen LogP contribution in [0, 0.1) is 13.8 Å². The van der Waals surface area contributed by atoms with Crippen molar-refractivity contribution >= 4 is 22.1 Å². The molecule has 0 fully saturated rings. The molecule has 4 aromatic rings. The molecule has 2 aromatic heterocycles. The Kier molecular flexibility index (Phi) is 4.59. The molecule has 0 radical (unpaired) electrons. The van der Waals surface area contributed by atoms with Crippen LogP contribution in [-0.4, -0.2) is 4.98 Å². The monoisotopic (exact) mass is 387 g/mol. The Morgan fingerprint density at radius 3 is 2.32 bits per heavy atom. The molecule has 0 saturated heterocycles. The number of aromatic nitrogens is 2. The van der Waals surface area contributed by atoms with Gasteiger partial charge in [0, 0.05) is 29.5 Å². The number of hydrogen-bond donors (Lipinski definition) is 0. The smallest absolute Gasteiger partial charge is 0.213 e. The van der Waals surface area contributed by atoms with Gasteiger partial charge in [0.15, 0.2) is 6.20 Å². The van der Waals surface area contributed by atoms with Gasteiger partial charge in [0.1, 0.15) is 7.05 Å². The van der Waals surface area contributed by atoms with E-state index in [4.69, 9.17) is 0 Å². The highest BCUT2D eigenvalue weighted by molar-refractivity contribution is 7.15. The Hall–Kier alpha value is -2.52. The van der Waals surface area contributed by atoms with Crippen molar-refractivity contribution in [3.05, 3.63) is 71.0 Å². The fraction of sp³-hybridized carbons (Fsp3) is 0.280. The van der Waals surface area contributed by atoms with Crippen LogP contribution in [0.2, 0.25) is 0 Å². The first kappa shape index (κ1) is 18.8. The second-order valence-corrected chi connectivity index (χ2v) is 9.78. The van der Waals surface area contributed by atoms with Crippen molar-refractivity contribution in [1.82, 2.24) is 4.98 Å². The maximum absolute atomic E-state index is 4.43. The van der Waals surface area contributed by atoms with Crippen molar-refractivity contribution in [2.45, 2.75) is 40.0 Å². The lowest BCUT2D eigenvalue weighted by Gasteiger charge is -2.23. The zero-order chi connectivity index (χ0) is 20.1. The van der Waals surface area contributed by atoms with Gasteiger partial charge >= 0.3 is 0 Å². The lowest BCUT2D eigenvalue weighted by molar-refractivity contribution is -0.660. The third kappa shape index (κ3) is 3.24. The van der Waals surface area contributed by atoms with Gasteiger partial charge in [0.25, 0.3) is 0 Å². The Morgan fingerprint density at radius 1 is 0.964 bits per heavy atom. The van der Waals surface area contributed by atoms with E-state index in [1.165, 1.54) is 43.6 Å². The van der Waals surface area contributed by atoms with Crippen molar-refractivity contribution in [3.63, 3.8) is 0 Å². The molecule has 0 atom stereocenters. The van der Waals surface area contributed by atoms with E-state index in [1.54, 1.807) is 11.3 Å². The van der Waals surface area contributed by atoms with Gasteiger partial charge in [0.05, 0.1) is 9.88 Å². The molecule has 2 aromatic carbocycles. The molecule has 0 unspecified atom stereocenters. The molecule has 0 saturated carbocycles. The lowest BCUT2D eigenvalue weighted by Crippen LogP contribution is -2.30. The maximum atomic E-state index is 4.43. The first-order valence-corrected chi connectivity index (χ1v) is 10.5. The number of aryl methyl sites for hydroxylation is 3. The second kappa shape index (κ2) is 6.82. The van der Waals surface area contributed by atoms with Crippen LogP contribution >= 0.6 is 11.3 Å². The molecule has 0 aliphatic carbocycles. The third-order valence-corrected chi connectivity index (χ3v) is 6.42. The van der Waals surface area contributed by atoms with Crippen LogP contribution in [0.15, 0.2) is 54.9 Å². The average molecular weight is 388 g/mol. The van der Waals surface area contributed by atoms with E-state index in [1.807, 2.05) is 6.20 Å². The topological polar surface area (TPSA) is 16.8 Å². The minimum absolute atomic E-state index is 0.0764. The molecule has 2 heterocycles. The van der Waals surface area contributed by atoms with Crippen LogP contribution in [-0.2, 0) is 12.5 Å². The summed E-state index contributed by atoms with van der Waals surface area (Å²) in [5.41, 5.74) is 6.56. The average Bonchev–Trinajstić information content (AvgIpc) is 3.08. The molecule has 0 amide bonds. The Bertz CT molecular complexity index is 1180. The van der Waals surface area contributed by atoms with Crippen LogP contribution < -0.4 is 4.57 Å². The van der Waals surface area contributed by atoms with Crippen molar-refractivity contribution in [2.24, 2.45) is 7.05 Å². The van der Waals surface area contributed by atoms with Gasteiger partial charge in [-0.3, -0.25) is 0 Å². The summed E-state index contributed by atoms with van der Waals surface area (Å²) >= 11 is 1.74. The Balaban J connectivity index is 2.01. The van der Waals surface area contributed by atoms with Crippen molar-refractivity contribution < 1.29 is 4.57 Å². The molecular weight excluding hydrogens is 360 g/mol. The summed E-state index contributed by atoms with van der Waals surface area (Å²) in [6.07, 6.45) is 4.14. The SMILES string of the molecule is Cc1ncc(-c2cc[n+](C)c(-c3cc(C(C)(C)C)c4ccccc4c3C)c2)s1. The fourth-order valence-corrected chi connectivity index (χ4v) is 4.67. The predicted molar refractivity (Wildman–Crippen MR) is 120 cm³/mol. The molecule has 0 aliphatic heterocycles. The van der Waals surface area contributed by atoms with Crippen LogP contribution in [0.3, 0.4) is 0 Å². The number of rotatable bonds is 2. The van der Waals surface area contributed by atoms with E-state index in [-0.39, 0.29) is 5.41 Å². The summed E-state index contributed by atoms with van der Waals surface area (Å²) < 4.78 is 2.22. The number of pyridine rings is 1. The van der Waals surface area contributed by atoms with Gasteiger partial charge in [-0.15, -0.1) is 11.3 Å². The zero-order valence-corrected chi connectivity index (χ0v) is 18.3. The van der Waals surface area contributed by atoms with Crippen molar-refractivity contribution in [3.8, 4) is 21.7 Å². The lowest BCUT2D eigenvalue weighted by atomic mass is 9.80. The summed E-state index contributed by atoms with van der Waals surface area (Å²) in [6, 6.07) is 15.7. The fourth-order valence-electron chi connectivity index (χ4n) is 3.89.